The van der Waals surface area contributed by atoms with Crippen LogP contribution < -0.4 is 5.73 Å². The zero-order chi connectivity index (χ0) is 13.1. The Morgan fingerprint density at radius 2 is 2.06 bits per heavy atom. The van der Waals surface area contributed by atoms with E-state index >= 15 is 0 Å². The number of carbonyl (C=O) groups is 1. The van der Waals surface area contributed by atoms with Crippen LogP contribution in [0, 0.1) is 0 Å². The van der Waals surface area contributed by atoms with E-state index in [1.165, 1.54) is 5.56 Å². The molecule has 2 N–H and O–H groups in total. The molecule has 0 unspecified atom stereocenters. The van der Waals surface area contributed by atoms with Gasteiger partial charge < -0.3 is 10.5 Å². The summed E-state index contributed by atoms with van der Waals surface area (Å²) in [4.78, 5) is 11.6. The maximum Gasteiger partial charge on any atom is 0.322 e. The normalized spacial score (nSPS) is 24.8. The van der Waals surface area contributed by atoms with Gasteiger partial charge in [0, 0.05) is 10.9 Å². The topological polar surface area (TPSA) is 52.3 Å². The lowest BCUT2D eigenvalue weighted by Crippen LogP contribution is -2.33. The first-order valence-electron chi connectivity index (χ1n) is 6.29. The quantitative estimate of drug-likeness (QED) is 0.857. The Bertz CT molecular complexity index is 416. The second-order valence-corrected chi connectivity index (χ2v) is 5.29. The summed E-state index contributed by atoms with van der Waals surface area (Å²) in [6, 6.07) is 7.20. The van der Waals surface area contributed by atoms with Crippen LogP contribution in [0.1, 0.15) is 37.7 Å². The van der Waals surface area contributed by atoms with E-state index in [2.05, 4.69) is 0 Å². The average molecular weight is 268 g/mol. The summed E-state index contributed by atoms with van der Waals surface area (Å²) < 4.78 is 5.47. The van der Waals surface area contributed by atoms with Gasteiger partial charge >= 0.3 is 5.97 Å². The van der Waals surface area contributed by atoms with Crippen LogP contribution in [0.3, 0.4) is 0 Å². The molecule has 0 heterocycles. The molecule has 1 aliphatic carbocycles. The number of hydrogen-bond donors (Lipinski definition) is 1. The predicted octanol–water partition coefficient (Wildman–Crippen LogP) is 2.87. The molecule has 1 saturated carbocycles. The molecule has 4 heteroatoms. The van der Waals surface area contributed by atoms with E-state index in [4.69, 9.17) is 22.1 Å². The van der Waals surface area contributed by atoms with E-state index < -0.39 is 6.04 Å². The van der Waals surface area contributed by atoms with Crippen molar-refractivity contribution in [2.24, 2.45) is 5.73 Å². The third-order valence-electron chi connectivity index (χ3n) is 3.39. The third kappa shape index (κ3) is 3.03. The van der Waals surface area contributed by atoms with Crippen LogP contribution in [0.2, 0.25) is 5.02 Å². The zero-order valence-corrected chi connectivity index (χ0v) is 11.2. The summed E-state index contributed by atoms with van der Waals surface area (Å²) in [5.41, 5.74) is 6.71. The summed E-state index contributed by atoms with van der Waals surface area (Å²) in [5.74, 6) is -0.0502. The molecular weight excluding hydrogens is 250 g/mol. The van der Waals surface area contributed by atoms with Gasteiger partial charge in [0.1, 0.15) is 12.1 Å². The van der Waals surface area contributed by atoms with Crippen LogP contribution in [0.15, 0.2) is 24.3 Å². The summed E-state index contributed by atoms with van der Waals surface area (Å²) in [6.07, 6.45) is 2.97. The minimum absolute atomic E-state index is 0.0512. The molecular formula is C14H18ClNO2. The van der Waals surface area contributed by atoms with Gasteiger partial charge in [0.15, 0.2) is 0 Å². The molecule has 0 amide bonds. The van der Waals surface area contributed by atoms with Gasteiger partial charge in [-0.2, -0.15) is 0 Å². The van der Waals surface area contributed by atoms with Crippen molar-refractivity contribution in [1.82, 2.24) is 0 Å². The molecule has 0 spiro atoms. The van der Waals surface area contributed by atoms with Crippen LogP contribution in [0.25, 0.3) is 0 Å². The van der Waals surface area contributed by atoms with Crippen molar-refractivity contribution in [2.45, 2.75) is 44.2 Å². The van der Waals surface area contributed by atoms with E-state index in [1.54, 1.807) is 6.92 Å². The maximum atomic E-state index is 11.6. The Labute approximate surface area is 112 Å². The Balaban J connectivity index is 2.07. The molecule has 1 aromatic rings. The molecule has 1 aromatic carbocycles. The highest BCUT2D eigenvalue weighted by atomic mass is 35.5. The average Bonchev–Trinajstić information content (AvgIpc) is 2.78. The number of halogens is 1. The Kier molecular flexibility index (Phi) is 4.25. The van der Waals surface area contributed by atoms with Crippen LogP contribution in [-0.2, 0) is 9.53 Å². The number of benzene rings is 1. The van der Waals surface area contributed by atoms with Crippen LogP contribution in [0.4, 0.5) is 0 Å². The highest BCUT2D eigenvalue weighted by Crippen LogP contribution is 2.37. The van der Waals surface area contributed by atoms with E-state index in [9.17, 15) is 4.79 Å². The molecule has 18 heavy (non-hydrogen) atoms. The van der Waals surface area contributed by atoms with Crippen molar-refractivity contribution in [3.63, 3.8) is 0 Å². The van der Waals surface area contributed by atoms with Gasteiger partial charge in [-0.05, 0) is 43.9 Å². The summed E-state index contributed by atoms with van der Waals surface area (Å²) in [5, 5.41) is 0.723. The van der Waals surface area contributed by atoms with Crippen molar-refractivity contribution in [3.05, 3.63) is 34.9 Å². The Morgan fingerprint density at radius 1 is 1.39 bits per heavy atom. The van der Waals surface area contributed by atoms with Crippen molar-refractivity contribution in [3.8, 4) is 0 Å². The molecule has 0 saturated heterocycles. The second kappa shape index (κ2) is 5.72. The lowest BCUT2D eigenvalue weighted by molar-refractivity contribution is -0.150. The van der Waals surface area contributed by atoms with Gasteiger partial charge in [-0.1, -0.05) is 23.7 Å². The summed E-state index contributed by atoms with van der Waals surface area (Å²) in [7, 11) is 0. The van der Waals surface area contributed by atoms with Crippen LogP contribution in [-0.4, -0.2) is 18.1 Å². The fourth-order valence-electron chi connectivity index (χ4n) is 2.41. The molecule has 0 aliphatic heterocycles. The maximum absolute atomic E-state index is 11.6. The summed E-state index contributed by atoms with van der Waals surface area (Å²) >= 11 is 5.88. The molecule has 0 aromatic heterocycles. The molecule has 1 fully saturated rings. The van der Waals surface area contributed by atoms with E-state index in [-0.39, 0.29) is 18.0 Å². The second-order valence-electron chi connectivity index (χ2n) is 4.85. The van der Waals surface area contributed by atoms with Gasteiger partial charge in [0.25, 0.3) is 0 Å². The minimum atomic E-state index is -0.559. The molecule has 3 atom stereocenters. The highest BCUT2D eigenvalue weighted by molar-refractivity contribution is 6.30. The number of esters is 1. The number of nitrogens with two attached hydrogens (primary N) is 1. The van der Waals surface area contributed by atoms with E-state index in [0.29, 0.717) is 0 Å². The van der Waals surface area contributed by atoms with Gasteiger partial charge in [-0.15, -0.1) is 0 Å². The largest absolute Gasteiger partial charge is 0.461 e. The van der Waals surface area contributed by atoms with Gasteiger partial charge in [-0.3, -0.25) is 4.79 Å². The van der Waals surface area contributed by atoms with Crippen molar-refractivity contribution in [1.29, 1.82) is 0 Å². The van der Waals surface area contributed by atoms with E-state index in [1.807, 2.05) is 24.3 Å². The molecule has 1 aliphatic rings. The monoisotopic (exact) mass is 267 g/mol. The third-order valence-corrected chi connectivity index (χ3v) is 3.64. The van der Waals surface area contributed by atoms with Crippen molar-refractivity contribution >= 4 is 17.6 Å². The number of carbonyl (C=O) groups excluding carboxylic acids is 1. The Morgan fingerprint density at radius 3 is 2.67 bits per heavy atom. The highest BCUT2D eigenvalue weighted by Gasteiger charge is 2.32. The first kappa shape index (κ1) is 13.4. The number of hydrogen-bond acceptors (Lipinski definition) is 3. The lowest BCUT2D eigenvalue weighted by Gasteiger charge is -2.21. The SMILES string of the molecule is C[C@H](N)C(=O)O[C@@H]1CCC[C@H]1c1ccc(Cl)cc1. The smallest absolute Gasteiger partial charge is 0.322 e. The molecule has 0 radical (unpaired) electrons. The lowest BCUT2D eigenvalue weighted by atomic mass is 9.96. The first-order valence-corrected chi connectivity index (χ1v) is 6.67. The molecule has 3 nitrogen and oxygen atoms in total. The zero-order valence-electron chi connectivity index (χ0n) is 10.4. The van der Waals surface area contributed by atoms with Crippen LogP contribution >= 0.6 is 11.6 Å². The van der Waals surface area contributed by atoms with E-state index in [0.717, 1.165) is 24.3 Å². The van der Waals surface area contributed by atoms with Gasteiger partial charge in [0.2, 0.25) is 0 Å². The van der Waals surface area contributed by atoms with Crippen molar-refractivity contribution in [2.75, 3.05) is 0 Å². The number of rotatable bonds is 3. The standard InChI is InChI=1S/C14H18ClNO2/c1-9(16)14(17)18-13-4-2-3-12(13)10-5-7-11(15)8-6-10/h5-9,12-13H,2-4,16H2,1H3/t9-,12-,13+/m0/s1. The predicted molar refractivity (Wildman–Crippen MR) is 71.6 cm³/mol. The first-order chi connectivity index (χ1) is 8.58. The summed E-state index contributed by atoms with van der Waals surface area (Å²) in [6.45, 7) is 1.65. The van der Waals surface area contributed by atoms with Gasteiger partial charge in [-0.25, -0.2) is 0 Å². The van der Waals surface area contributed by atoms with Gasteiger partial charge in [0.05, 0.1) is 0 Å². The van der Waals surface area contributed by atoms with Crippen molar-refractivity contribution < 1.29 is 9.53 Å². The fourth-order valence-corrected chi connectivity index (χ4v) is 2.54. The van der Waals surface area contributed by atoms with Crippen LogP contribution in [0.5, 0.6) is 0 Å². The Hall–Kier alpha value is -1.06. The molecule has 98 valence electrons. The fraction of sp³-hybridized carbons (Fsp3) is 0.500. The molecule has 0 bridgehead atoms. The molecule has 2 rings (SSSR count). The number of ether oxygens (including phenoxy) is 1. The minimum Gasteiger partial charge on any atom is -0.461 e.